The van der Waals surface area contributed by atoms with Gasteiger partial charge in [-0.3, -0.25) is 10.1 Å². The molecule has 0 saturated carbocycles. The Balaban J connectivity index is 2.52. The minimum absolute atomic E-state index is 0.557. The van der Waals surface area contributed by atoms with Crippen molar-refractivity contribution in [3.63, 3.8) is 0 Å². The first-order valence-electron chi connectivity index (χ1n) is 3.76. The van der Waals surface area contributed by atoms with Gasteiger partial charge in [-0.1, -0.05) is 11.6 Å². The summed E-state index contributed by atoms with van der Waals surface area (Å²) in [6.07, 6.45) is 3.23. The highest BCUT2D eigenvalue weighted by atomic mass is 35.5. The van der Waals surface area contributed by atoms with E-state index in [2.05, 4.69) is 20.2 Å². The van der Waals surface area contributed by atoms with Gasteiger partial charge >= 0.3 is 0 Å². The van der Waals surface area contributed by atoms with Crippen LogP contribution in [0.1, 0.15) is 5.82 Å². The quantitative estimate of drug-likeness (QED) is 0.754. The van der Waals surface area contributed by atoms with Gasteiger partial charge in [-0.05, 0) is 13.0 Å². The van der Waals surface area contributed by atoms with Gasteiger partial charge in [0.1, 0.15) is 5.82 Å². The molecule has 2 heterocycles. The number of rotatable bonds is 1. The van der Waals surface area contributed by atoms with Crippen molar-refractivity contribution in [2.75, 3.05) is 0 Å². The molecule has 0 fully saturated rings. The van der Waals surface area contributed by atoms with Gasteiger partial charge in [0.15, 0.2) is 5.82 Å². The highest BCUT2D eigenvalue weighted by Gasteiger charge is 2.06. The average Bonchev–Trinajstić information content (AvgIpc) is 2.53. The van der Waals surface area contributed by atoms with Crippen molar-refractivity contribution in [1.82, 2.24) is 20.2 Å². The van der Waals surface area contributed by atoms with Gasteiger partial charge in [-0.15, -0.1) is 0 Å². The number of nitrogens with zero attached hydrogens (tertiary/aromatic N) is 3. The lowest BCUT2D eigenvalue weighted by Crippen LogP contribution is -1.83. The number of halogens is 1. The van der Waals surface area contributed by atoms with Gasteiger partial charge in [0, 0.05) is 18.0 Å². The van der Waals surface area contributed by atoms with Crippen molar-refractivity contribution in [3.05, 3.63) is 29.3 Å². The van der Waals surface area contributed by atoms with Crippen molar-refractivity contribution < 1.29 is 0 Å². The lowest BCUT2D eigenvalue weighted by molar-refractivity contribution is 1.04. The Morgan fingerprint density at radius 2 is 2.31 bits per heavy atom. The number of pyridine rings is 1. The standard InChI is InChI=1S/C8H7ClN4/c1-5-11-8(13-12-5)6-2-3-10-4-7(6)9/h2-4H,1H3,(H,11,12,13). The molecule has 0 aromatic carbocycles. The second kappa shape index (κ2) is 3.14. The van der Waals surface area contributed by atoms with Crippen LogP contribution in [0.2, 0.25) is 5.02 Å². The summed E-state index contributed by atoms with van der Waals surface area (Å²) in [6, 6.07) is 1.78. The Bertz CT molecular complexity index is 424. The first-order valence-corrected chi connectivity index (χ1v) is 4.14. The number of aromatic nitrogens is 4. The number of nitrogens with one attached hydrogen (secondary N) is 1. The summed E-state index contributed by atoms with van der Waals surface area (Å²) in [7, 11) is 0. The van der Waals surface area contributed by atoms with Crippen molar-refractivity contribution in [2.24, 2.45) is 0 Å². The van der Waals surface area contributed by atoms with E-state index < -0.39 is 0 Å². The minimum atomic E-state index is 0.557. The van der Waals surface area contributed by atoms with E-state index in [0.717, 1.165) is 11.4 Å². The fourth-order valence-corrected chi connectivity index (χ4v) is 1.22. The van der Waals surface area contributed by atoms with Gasteiger partial charge in [0.2, 0.25) is 0 Å². The molecule has 0 bridgehead atoms. The third kappa shape index (κ3) is 1.53. The Morgan fingerprint density at radius 1 is 1.46 bits per heavy atom. The molecule has 0 aliphatic heterocycles. The Hall–Kier alpha value is -1.42. The van der Waals surface area contributed by atoms with E-state index in [9.17, 15) is 0 Å². The average molecular weight is 195 g/mol. The van der Waals surface area contributed by atoms with Gasteiger partial charge in [-0.25, -0.2) is 4.98 Å². The normalized spacial score (nSPS) is 10.3. The maximum Gasteiger partial charge on any atom is 0.182 e. The SMILES string of the molecule is Cc1nc(-c2ccncc2Cl)n[nH]1. The van der Waals surface area contributed by atoms with E-state index in [4.69, 9.17) is 11.6 Å². The van der Waals surface area contributed by atoms with Crippen molar-refractivity contribution in [3.8, 4) is 11.4 Å². The molecule has 66 valence electrons. The summed E-state index contributed by atoms with van der Waals surface area (Å²) in [4.78, 5) is 8.04. The summed E-state index contributed by atoms with van der Waals surface area (Å²) in [6.45, 7) is 1.84. The zero-order valence-electron chi connectivity index (χ0n) is 6.95. The number of hydrogen-bond acceptors (Lipinski definition) is 3. The van der Waals surface area contributed by atoms with E-state index >= 15 is 0 Å². The van der Waals surface area contributed by atoms with E-state index in [1.807, 2.05) is 6.92 Å². The first-order chi connectivity index (χ1) is 6.27. The molecule has 0 atom stereocenters. The zero-order valence-corrected chi connectivity index (χ0v) is 7.71. The minimum Gasteiger partial charge on any atom is -0.263 e. The molecule has 0 saturated heterocycles. The fourth-order valence-electron chi connectivity index (χ4n) is 1.02. The maximum absolute atomic E-state index is 5.91. The summed E-state index contributed by atoms with van der Waals surface area (Å²) >= 11 is 5.91. The second-order valence-corrected chi connectivity index (χ2v) is 3.01. The molecule has 0 aliphatic carbocycles. The van der Waals surface area contributed by atoms with Gasteiger partial charge in [-0.2, -0.15) is 5.10 Å². The third-order valence-electron chi connectivity index (χ3n) is 1.61. The highest BCUT2D eigenvalue weighted by Crippen LogP contribution is 2.22. The Kier molecular flexibility index (Phi) is 1.98. The van der Waals surface area contributed by atoms with Gasteiger partial charge in [0.25, 0.3) is 0 Å². The topological polar surface area (TPSA) is 54.5 Å². The monoisotopic (exact) mass is 194 g/mol. The summed E-state index contributed by atoms with van der Waals surface area (Å²) in [5.41, 5.74) is 0.793. The van der Waals surface area contributed by atoms with Gasteiger partial charge < -0.3 is 0 Å². The molecule has 0 aliphatic rings. The van der Waals surface area contributed by atoms with Crippen LogP contribution in [-0.2, 0) is 0 Å². The predicted molar refractivity (Wildman–Crippen MR) is 49.4 cm³/mol. The van der Waals surface area contributed by atoms with Crippen molar-refractivity contribution in [1.29, 1.82) is 0 Å². The Labute approximate surface area is 80.0 Å². The van der Waals surface area contributed by atoms with E-state index in [0.29, 0.717) is 10.8 Å². The zero-order chi connectivity index (χ0) is 9.26. The van der Waals surface area contributed by atoms with Crippen LogP contribution < -0.4 is 0 Å². The van der Waals surface area contributed by atoms with E-state index in [1.165, 1.54) is 0 Å². The third-order valence-corrected chi connectivity index (χ3v) is 1.91. The number of hydrogen-bond donors (Lipinski definition) is 1. The van der Waals surface area contributed by atoms with Crippen LogP contribution in [0.4, 0.5) is 0 Å². The van der Waals surface area contributed by atoms with Crippen LogP contribution in [-0.4, -0.2) is 20.2 Å². The van der Waals surface area contributed by atoms with E-state index in [-0.39, 0.29) is 0 Å². The first kappa shape index (κ1) is 8.19. The maximum atomic E-state index is 5.91. The smallest absolute Gasteiger partial charge is 0.182 e. The summed E-state index contributed by atoms with van der Waals surface area (Å²) < 4.78 is 0. The molecule has 2 rings (SSSR count). The van der Waals surface area contributed by atoms with Crippen LogP contribution in [0.3, 0.4) is 0 Å². The molecule has 0 amide bonds. The van der Waals surface area contributed by atoms with E-state index in [1.54, 1.807) is 18.5 Å². The molecule has 0 unspecified atom stereocenters. The molecule has 0 spiro atoms. The predicted octanol–water partition coefficient (Wildman–Crippen LogP) is 1.83. The van der Waals surface area contributed by atoms with Crippen molar-refractivity contribution >= 4 is 11.6 Å². The molecular formula is C8H7ClN4. The molecule has 13 heavy (non-hydrogen) atoms. The molecule has 5 heteroatoms. The lowest BCUT2D eigenvalue weighted by atomic mass is 10.2. The van der Waals surface area contributed by atoms with Crippen LogP contribution in [0.25, 0.3) is 11.4 Å². The van der Waals surface area contributed by atoms with Crippen LogP contribution in [0.5, 0.6) is 0 Å². The fraction of sp³-hybridized carbons (Fsp3) is 0.125. The molecule has 2 aromatic heterocycles. The van der Waals surface area contributed by atoms with Crippen LogP contribution >= 0.6 is 11.6 Å². The largest absolute Gasteiger partial charge is 0.263 e. The van der Waals surface area contributed by atoms with Gasteiger partial charge in [0.05, 0.1) is 5.02 Å². The molecule has 0 radical (unpaired) electrons. The summed E-state index contributed by atoms with van der Waals surface area (Å²) in [5.74, 6) is 1.37. The Morgan fingerprint density at radius 3 is 2.92 bits per heavy atom. The summed E-state index contributed by atoms with van der Waals surface area (Å²) in [5, 5.41) is 7.31. The van der Waals surface area contributed by atoms with Crippen molar-refractivity contribution in [2.45, 2.75) is 6.92 Å². The second-order valence-electron chi connectivity index (χ2n) is 2.60. The van der Waals surface area contributed by atoms with Crippen LogP contribution in [0.15, 0.2) is 18.5 Å². The molecular weight excluding hydrogens is 188 g/mol. The highest BCUT2D eigenvalue weighted by molar-refractivity contribution is 6.33. The van der Waals surface area contributed by atoms with Crippen LogP contribution in [0, 0.1) is 6.92 Å². The number of aryl methyl sites for hydroxylation is 1. The molecule has 4 nitrogen and oxygen atoms in total. The number of H-pyrrole nitrogens is 1. The lowest BCUT2D eigenvalue weighted by Gasteiger charge is -1.95. The molecule has 1 N–H and O–H groups in total. The molecule has 2 aromatic rings. The number of aromatic amines is 1.